The molecule has 0 N–H and O–H groups in total. The van der Waals surface area contributed by atoms with Crippen LogP contribution in [0.1, 0.15) is 249 Å². The second kappa shape index (κ2) is 32.5. The van der Waals surface area contributed by atoms with Crippen molar-refractivity contribution in [3.05, 3.63) is 107 Å². The molecule has 0 aromatic heterocycles. The standard InChI is InChI=1S/2C29H49O.2C10H10O2.ClH.Ti/c2*1-7-21(19(2)3)9-8-20(4)25-12-13-26-24-11-10-22-18-23(30)14-16-28(22,5)27(24)15-17-29(25,26)6;2*1-8(11)7-10(12)9-5-3-2-4-6-9;;/h2*10,19-21,23-27H,7-9,11-18H2,1-6H3;2*2-7,12H,1H3;1H;/q2*-1;;;;+4/p-2/b;;2*10-7-;;/t2*20?,21-,23-,24-,25+,26?,27?,28-,29+;;;;/m00..../s1. The fourth-order valence-corrected chi connectivity index (χ4v) is 20.3. The van der Waals surface area contributed by atoms with Gasteiger partial charge in [0.15, 0.2) is 11.6 Å². The van der Waals surface area contributed by atoms with Crippen LogP contribution in [0.2, 0.25) is 0 Å². The van der Waals surface area contributed by atoms with Gasteiger partial charge in [-0.2, -0.15) is 0 Å². The Morgan fingerprint density at radius 2 is 0.860 bits per heavy atom. The van der Waals surface area contributed by atoms with E-state index in [0.29, 0.717) is 32.8 Å². The maximum Gasteiger partial charge on any atom is 4.00 e. The predicted molar refractivity (Wildman–Crippen MR) is 349 cm³/mol. The van der Waals surface area contributed by atoms with Crippen molar-refractivity contribution in [1.82, 2.24) is 0 Å². The van der Waals surface area contributed by atoms with Crippen LogP contribution < -0.4 is 20.4 Å². The molecule has 2 aromatic rings. The molecule has 0 amide bonds. The average molecular weight is 1230 g/mol. The van der Waals surface area contributed by atoms with Crippen molar-refractivity contribution in [2.45, 2.75) is 250 Å². The van der Waals surface area contributed by atoms with E-state index >= 15 is 0 Å². The SMILES string of the molecule is CC(=O)/C=C(\[O-])c1ccccc1.CC(=O)/C=C(\[O-])c1ccccc1.CC[C@@H](CCC(C)[C@H]1CCC2[C@@H]3CC=C4C[C@@H]([O-])CC[C@]4(C)C3CC[C@@]21C)C(C)C.CC[C@@H](CCC(C)[C@H]1CCC2[C@@H]3CC=C4C[C@@H]([O-])CC[C@]4(C)C3CC[C@@]21C)C(C)C.Cl.[Ti+4]. The van der Waals surface area contributed by atoms with Crippen LogP contribution in [0.5, 0.6) is 0 Å². The number of allylic oxidation sites excluding steroid dienone is 4. The summed E-state index contributed by atoms with van der Waals surface area (Å²) in [5, 5.41) is 46.7. The Labute approximate surface area is 545 Å². The molecule has 476 valence electrons. The van der Waals surface area contributed by atoms with Crippen molar-refractivity contribution in [2.24, 2.45) is 105 Å². The van der Waals surface area contributed by atoms with Crippen LogP contribution in [0.3, 0.4) is 0 Å². The first-order chi connectivity index (χ1) is 39.8. The van der Waals surface area contributed by atoms with Gasteiger partial charge in [-0.25, -0.2) is 0 Å². The van der Waals surface area contributed by atoms with E-state index in [9.17, 15) is 30.0 Å². The number of carbonyl (C=O) groups is 2. The molecule has 10 rings (SSSR count). The number of fused-ring (bicyclic) bond motifs is 10. The van der Waals surface area contributed by atoms with Gasteiger partial charge in [0.25, 0.3) is 0 Å². The molecule has 6 fully saturated rings. The zero-order chi connectivity index (χ0) is 61.3. The summed E-state index contributed by atoms with van der Waals surface area (Å²) in [6, 6.07) is 17.4. The summed E-state index contributed by atoms with van der Waals surface area (Å²) in [4.78, 5) is 21.1. The summed E-state index contributed by atoms with van der Waals surface area (Å²) < 4.78 is 0. The molecule has 0 aliphatic heterocycles. The molecule has 8 heteroatoms. The van der Waals surface area contributed by atoms with Crippen LogP contribution in [0.25, 0.3) is 11.5 Å². The molecule has 18 atom stereocenters. The van der Waals surface area contributed by atoms with E-state index in [1.54, 1.807) is 59.7 Å². The Morgan fingerprint density at radius 3 is 1.17 bits per heavy atom. The second-order valence-corrected chi connectivity index (χ2v) is 30.6. The Kier molecular flexibility index (Phi) is 28.0. The van der Waals surface area contributed by atoms with Gasteiger partial charge >= 0.3 is 21.7 Å². The summed E-state index contributed by atoms with van der Waals surface area (Å²) in [5.41, 5.74) is 6.04. The van der Waals surface area contributed by atoms with Gasteiger partial charge in [0.2, 0.25) is 0 Å². The summed E-state index contributed by atoms with van der Waals surface area (Å²) in [5.74, 6) is 11.5. The van der Waals surface area contributed by atoms with Gasteiger partial charge in [0.1, 0.15) is 0 Å². The fourth-order valence-electron chi connectivity index (χ4n) is 20.3. The molecular weight excluding hydrogens is 1120 g/mol. The minimum absolute atomic E-state index is 0. The molecule has 6 unspecified atom stereocenters. The fraction of sp³-hybridized carbons (Fsp3) is 0.718. The monoisotopic (exact) mass is 1230 g/mol. The number of ketones is 2. The molecule has 0 saturated heterocycles. The number of hydrogen-bond donors (Lipinski definition) is 0. The molecule has 0 heterocycles. The molecule has 0 bridgehead atoms. The third kappa shape index (κ3) is 17.0. The van der Waals surface area contributed by atoms with Crippen LogP contribution in [-0.2, 0) is 31.3 Å². The van der Waals surface area contributed by atoms with Crippen molar-refractivity contribution in [3.63, 3.8) is 0 Å². The van der Waals surface area contributed by atoms with Gasteiger partial charge < -0.3 is 20.4 Å². The Morgan fingerprint density at radius 1 is 0.512 bits per heavy atom. The van der Waals surface area contributed by atoms with Crippen molar-refractivity contribution >= 4 is 35.5 Å². The molecule has 6 saturated carbocycles. The summed E-state index contributed by atoms with van der Waals surface area (Å²) >= 11 is 0. The minimum atomic E-state index is -0.329. The van der Waals surface area contributed by atoms with E-state index < -0.39 is 0 Å². The molecule has 8 aliphatic carbocycles. The van der Waals surface area contributed by atoms with Crippen LogP contribution >= 0.6 is 12.4 Å². The molecular formula is C78H117ClO6Ti. The molecule has 0 radical (unpaired) electrons. The normalized spacial score (nSPS) is 34.8. The van der Waals surface area contributed by atoms with E-state index in [2.05, 4.69) is 95.2 Å². The van der Waals surface area contributed by atoms with E-state index in [1.807, 2.05) is 12.1 Å². The third-order valence-electron chi connectivity index (χ3n) is 25.3. The number of rotatable bonds is 16. The zero-order valence-corrected chi connectivity index (χ0v) is 58.6. The summed E-state index contributed by atoms with van der Waals surface area (Å²) in [6.45, 7) is 32.8. The van der Waals surface area contributed by atoms with Crippen LogP contribution in [0.4, 0.5) is 0 Å². The van der Waals surface area contributed by atoms with Crippen molar-refractivity contribution in [2.75, 3.05) is 0 Å². The summed E-state index contributed by atoms with van der Waals surface area (Å²) in [7, 11) is 0. The van der Waals surface area contributed by atoms with E-state index in [4.69, 9.17) is 0 Å². The van der Waals surface area contributed by atoms with Gasteiger partial charge in [-0.15, -0.1) is 24.6 Å². The molecule has 0 spiro atoms. The first-order valence-electron chi connectivity index (χ1n) is 34.4. The predicted octanol–water partition coefficient (Wildman–Crippen LogP) is 17.2. The topological polar surface area (TPSA) is 126 Å². The van der Waals surface area contributed by atoms with Crippen LogP contribution in [-0.4, -0.2) is 23.8 Å². The van der Waals surface area contributed by atoms with Gasteiger partial charge in [0, 0.05) is 0 Å². The molecule has 6 nitrogen and oxygen atoms in total. The van der Waals surface area contributed by atoms with Crippen LogP contribution in [0.15, 0.2) is 96.1 Å². The van der Waals surface area contributed by atoms with E-state index in [0.717, 1.165) is 134 Å². The smallest absolute Gasteiger partial charge is 0.872 e. The first kappa shape index (κ1) is 74.0. The quantitative estimate of drug-likeness (QED) is 0.0713. The van der Waals surface area contributed by atoms with Gasteiger partial charge in [0.05, 0.1) is 0 Å². The second-order valence-electron chi connectivity index (χ2n) is 30.6. The number of hydrogen-bond acceptors (Lipinski definition) is 6. The van der Waals surface area contributed by atoms with Crippen molar-refractivity contribution in [3.8, 4) is 0 Å². The van der Waals surface area contributed by atoms with Gasteiger partial charge in [-0.3, -0.25) is 9.59 Å². The molecule has 86 heavy (non-hydrogen) atoms. The largest absolute Gasteiger partial charge is 4.00 e. The summed E-state index contributed by atoms with van der Waals surface area (Å²) in [6.07, 6.45) is 35.0. The number of benzene rings is 2. The number of carbonyl (C=O) groups excluding carboxylic acids is 2. The minimum Gasteiger partial charge on any atom is -0.872 e. The van der Waals surface area contributed by atoms with Gasteiger partial charge in [-0.05, 0) is 244 Å². The van der Waals surface area contributed by atoms with E-state index in [1.165, 1.54) is 117 Å². The molecule has 2 aromatic carbocycles. The van der Waals surface area contributed by atoms with Gasteiger partial charge in [-0.1, -0.05) is 217 Å². The zero-order valence-electron chi connectivity index (χ0n) is 56.2. The van der Waals surface area contributed by atoms with E-state index in [-0.39, 0.29) is 69.4 Å². The Hall–Kier alpha value is -2.74. The number of halogens is 1. The van der Waals surface area contributed by atoms with Crippen molar-refractivity contribution < 1.29 is 51.7 Å². The van der Waals surface area contributed by atoms with Crippen molar-refractivity contribution in [1.29, 1.82) is 0 Å². The molecule has 8 aliphatic rings. The Balaban J connectivity index is 0.000000225. The Bertz CT molecular complexity index is 2390. The maximum absolute atomic E-state index is 12.2. The average Bonchev–Trinajstić information content (AvgIpc) is 1.35. The maximum atomic E-state index is 12.2. The first-order valence-corrected chi connectivity index (χ1v) is 34.4. The third-order valence-corrected chi connectivity index (χ3v) is 25.3. The van der Waals surface area contributed by atoms with Crippen LogP contribution in [0, 0.1) is 105 Å².